The molecule has 2 aliphatic rings. The molecule has 0 N–H and O–H groups in total. The number of rotatable bonds is 5. The van der Waals surface area contributed by atoms with Gasteiger partial charge in [0, 0.05) is 24.5 Å². The number of benzene rings is 2. The second kappa shape index (κ2) is 8.04. The number of aliphatic carboxylic acids is 1. The number of hydrogen-bond acceptors (Lipinski definition) is 6. The van der Waals surface area contributed by atoms with Gasteiger partial charge in [0.15, 0.2) is 0 Å². The van der Waals surface area contributed by atoms with Gasteiger partial charge in [0.25, 0.3) is 11.8 Å². The van der Waals surface area contributed by atoms with Gasteiger partial charge in [0.05, 0.1) is 22.7 Å². The Morgan fingerprint density at radius 3 is 2.43 bits per heavy atom. The number of carbonyl (C=O) groups is 3. The van der Waals surface area contributed by atoms with Crippen molar-refractivity contribution in [2.45, 2.75) is 19.9 Å². The number of nitrogens with zero attached hydrogens (tertiary/aromatic N) is 2. The molecule has 152 valence electrons. The van der Waals surface area contributed by atoms with Gasteiger partial charge >= 0.3 is 0 Å². The number of amides is 2. The molecule has 0 atom stereocenters. The second-order valence-corrected chi connectivity index (χ2v) is 8.69. The fourth-order valence-corrected chi connectivity index (χ4v) is 4.86. The molecule has 1 saturated heterocycles. The van der Waals surface area contributed by atoms with Gasteiger partial charge in [-0.3, -0.25) is 14.5 Å². The Labute approximate surface area is 183 Å². The molecule has 0 aliphatic carbocycles. The van der Waals surface area contributed by atoms with Gasteiger partial charge in [0.1, 0.15) is 4.32 Å². The van der Waals surface area contributed by atoms with Gasteiger partial charge < -0.3 is 14.8 Å². The topological polar surface area (TPSA) is 80.8 Å². The number of thiocarbonyl (C=S) groups is 1. The molecule has 0 bridgehead atoms. The highest BCUT2D eigenvalue weighted by Gasteiger charge is 2.41. The van der Waals surface area contributed by atoms with Gasteiger partial charge in [-0.25, -0.2) is 0 Å². The van der Waals surface area contributed by atoms with Crippen molar-refractivity contribution in [3.63, 3.8) is 0 Å². The Balaban J connectivity index is 1.71. The lowest BCUT2D eigenvalue weighted by Crippen LogP contribution is -2.34. The second-order valence-electron chi connectivity index (χ2n) is 7.04. The first-order chi connectivity index (χ1) is 14.4. The van der Waals surface area contributed by atoms with Crippen LogP contribution in [0.5, 0.6) is 0 Å². The molecule has 6 nitrogen and oxygen atoms in total. The third kappa shape index (κ3) is 3.64. The largest absolute Gasteiger partial charge is 0.550 e. The molecule has 2 amide bonds. The summed E-state index contributed by atoms with van der Waals surface area (Å²) in [5.41, 5.74) is 3.83. The van der Waals surface area contributed by atoms with Gasteiger partial charge in [-0.1, -0.05) is 72.0 Å². The first-order valence-corrected chi connectivity index (χ1v) is 10.5. The summed E-state index contributed by atoms with van der Waals surface area (Å²) in [6.45, 7) is 2.30. The van der Waals surface area contributed by atoms with E-state index in [1.165, 1.54) is 4.90 Å². The van der Waals surface area contributed by atoms with E-state index in [0.717, 1.165) is 28.6 Å². The molecule has 0 radical (unpaired) electrons. The molecule has 2 aromatic rings. The minimum atomic E-state index is -1.26. The van der Waals surface area contributed by atoms with Crippen LogP contribution >= 0.6 is 24.0 Å². The average Bonchev–Trinajstić information content (AvgIpc) is 3.15. The molecule has 2 heterocycles. The van der Waals surface area contributed by atoms with E-state index in [-0.39, 0.29) is 28.1 Å². The number of fused-ring (bicyclic) bond motifs is 1. The smallest absolute Gasteiger partial charge is 0.267 e. The minimum Gasteiger partial charge on any atom is -0.550 e. The zero-order valence-electron chi connectivity index (χ0n) is 16.1. The minimum absolute atomic E-state index is 0.0767. The number of aryl methyl sites for hydroxylation is 1. The van der Waals surface area contributed by atoms with E-state index in [1.807, 2.05) is 55.5 Å². The molecular formula is C22H17N2O4S2-. The van der Waals surface area contributed by atoms with Crippen molar-refractivity contribution in [1.82, 2.24) is 4.90 Å². The summed E-state index contributed by atoms with van der Waals surface area (Å²) in [5.74, 6) is -1.97. The van der Waals surface area contributed by atoms with Crippen LogP contribution in [0.4, 0.5) is 5.69 Å². The van der Waals surface area contributed by atoms with Crippen LogP contribution in [0.15, 0.2) is 53.4 Å². The molecule has 2 aromatic carbocycles. The Morgan fingerprint density at radius 1 is 1.03 bits per heavy atom. The van der Waals surface area contributed by atoms with E-state index in [4.69, 9.17) is 12.2 Å². The first kappa shape index (κ1) is 20.3. The Bertz CT molecular complexity index is 1110. The van der Waals surface area contributed by atoms with Crippen LogP contribution in [-0.4, -0.2) is 33.5 Å². The van der Waals surface area contributed by atoms with Gasteiger partial charge in [0.2, 0.25) is 0 Å². The first-order valence-electron chi connectivity index (χ1n) is 9.31. The van der Waals surface area contributed by atoms with Crippen molar-refractivity contribution in [2.75, 3.05) is 11.4 Å². The highest BCUT2D eigenvalue weighted by molar-refractivity contribution is 8.26. The standard InChI is InChI=1S/C22H18N2O4S2/c1-13-6-8-14(9-7-13)12-24-16-5-3-2-4-15(16)18(20(24)27)19-21(28)23(22(29)30-19)11-10-17(25)26/h2-9H,10-12H2,1H3,(H,25,26)/p-1/b19-18-. The molecule has 1 fully saturated rings. The predicted octanol–water partition coefficient (Wildman–Crippen LogP) is 2.25. The number of thioether (sulfide) groups is 1. The Hall–Kier alpha value is -2.97. The number of hydrogen-bond donors (Lipinski definition) is 0. The zero-order chi connectivity index (χ0) is 21.4. The van der Waals surface area contributed by atoms with Crippen LogP contribution < -0.4 is 10.0 Å². The van der Waals surface area contributed by atoms with E-state index in [0.29, 0.717) is 17.7 Å². The van der Waals surface area contributed by atoms with E-state index in [1.54, 1.807) is 4.90 Å². The summed E-state index contributed by atoms with van der Waals surface area (Å²) in [6, 6.07) is 15.3. The number of carboxylic acids is 1. The normalized spacial score (nSPS) is 18.4. The van der Waals surface area contributed by atoms with Crippen molar-refractivity contribution in [3.05, 3.63) is 70.1 Å². The third-order valence-corrected chi connectivity index (χ3v) is 6.45. The molecule has 2 aliphatic heterocycles. The number of anilines is 1. The summed E-state index contributed by atoms with van der Waals surface area (Å²) >= 11 is 6.30. The quantitative estimate of drug-likeness (QED) is 0.527. The van der Waals surface area contributed by atoms with Gasteiger partial charge in [-0.2, -0.15) is 0 Å². The summed E-state index contributed by atoms with van der Waals surface area (Å²) in [7, 11) is 0. The summed E-state index contributed by atoms with van der Waals surface area (Å²) in [6.07, 6.45) is -0.320. The molecule has 0 unspecified atom stereocenters. The maximum Gasteiger partial charge on any atom is 0.267 e. The van der Waals surface area contributed by atoms with Gasteiger partial charge in [-0.05, 0) is 18.6 Å². The van der Waals surface area contributed by atoms with Crippen LogP contribution in [0.25, 0.3) is 5.57 Å². The lowest BCUT2D eigenvalue weighted by molar-refractivity contribution is -0.305. The fourth-order valence-electron chi connectivity index (χ4n) is 3.48. The monoisotopic (exact) mass is 437 g/mol. The van der Waals surface area contributed by atoms with Gasteiger partial charge in [-0.15, -0.1) is 0 Å². The lowest BCUT2D eigenvalue weighted by Gasteiger charge is -2.17. The predicted molar refractivity (Wildman–Crippen MR) is 117 cm³/mol. The average molecular weight is 438 g/mol. The number of para-hydroxylation sites is 1. The van der Waals surface area contributed by atoms with Crippen LogP contribution in [-0.2, 0) is 20.9 Å². The molecule has 0 aromatic heterocycles. The third-order valence-electron chi connectivity index (χ3n) is 5.00. The fraction of sp³-hybridized carbons (Fsp3) is 0.182. The van der Waals surface area contributed by atoms with Crippen LogP contribution in [0.3, 0.4) is 0 Å². The summed E-state index contributed by atoms with van der Waals surface area (Å²) < 4.78 is 0.242. The van der Waals surface area contributed by atoms with E-state index in [2.05, 4.69) is 0 Å². The van der Waals surface area contributed by atoms with Crippen molar-refractivity contribution >= 4 is 57.3 Å². The van der Waals surface area contributed by atoms with E-state index < -0.39 is 11.9 Å². The van der Waals surface area contributed by atoms with Crippen molar-refractivity contribution in [1.29, 1.82) is 0 Å². The lowest BCUT2D eigenvalue weighted by atomic mass is 10.1. The molecule has 4 rings (SSSR count). The van der Waals surface area contributed by atoms with Crippen molar-refractivity contribution in [2.24, 2.45) is 0 Å². The maximum atomic E-state index is 13.4. The molecule has 30 heavy (non-hydrogen) atoms. The maximum absolute atomic E-state index is 13.4. The van der Waals surface area contributed by atoms with Crippen LogP contribution in [0.1, 0.15) is 23.1 Å². The van der Waals surface area contributed by atoms with E-state index >= 15 is 0 Å². The molecular weight excluding hydrogens is 420 g/mol. The molecule has 0 saturated carbocycles. The highest BCUT2D eigenvalue weighted by atomic mass is 32.2. The Kier molecular flexibility index (Phi) is 5.44. The van der Waals surface area contributed by atoms with Crippen LogP contribution in [0, 0.1) is 6.92 Å². The number of carbonyl (C=O) groups excluding carboxylic acids is 3. The molecule has 0 spiro atoms. The highest BCUT2D eigenvalue weighted by Crippen LogP contribution is 2.45. The van der Waals surface area contributed by atoms with Crippen molar-refractivity contribution < 1.29 is 19.5 Å². The van der Waals surface area contributed by atoms with E-state index in [9.17, 15) is 19.5 Å². The zero-order valence-corrected chi connectivity index (χ0v) is 17.7. The number of carboxylic acid groups (broad SMARTS) is 1. The SMILES string of the molecule is Cc1ccc(CN2C(=O)/C(=C3\SC(=S)N(CCC(=O)[O-])C3=O)c3ccccc32)cc1. The summed E-state index contributed by atoms with van der Waals surface area (Å²) in [4.78, 5) is 40.2. The molecule has 8 heteroatoms. The Morgan fingerprint density at radius 2 is 1.73 bits per heavy atom. The van der Waals surface area contributed by atoms with Crippen LogP contribution in [0.2, 0.25) is 0 Å². The summed E-state index contributed by atoms with van der Waals surface area (Å²) in [5, 5.41) is 10.8. The van der Waals surface area contributed by atoms with Crippen molar-refractivity contribution in [3.8, 4) is 0 Å².